The number of hydrogen-bond acceptors (Lipinski definition) is 3. The Morgan fingerprint density at radius 3 is 2.47 bits per heavy atom. The van der Waals surface area contributed by atoms with Gasteiger partial charge in [-0.15, -0.1) is 0 Å². The molecular formula is C16H22N2O. The van der Waals surface area contributed by atoms with Gasteiger partial charge in [-0.1, -0.05) is 42.5 Å². The van der Waals surface area contributed by atoms with Crippen molar-refractivity contribution in [2.24, 2.45) is 5.84 Å². The fraction of sp³-hybridized carbons (Fsp3) is 0.375. The summed E-state index contributed by atoms with van der Waals surface area (Å²) in [6.45, 7) is 6.69. The second-order valence-corrected chi connectivity index (χ2v) is 5.71. The number of ether oxygens (including phenoxy) is 1. The third-order valence-corrected chi connectivity index (χ3v) is 3.08. The molecule has 1 atom stereocenters. The molecule has 0 aromatic heterocycles. The first-order valence-electron chi connectivity index (χ1n) is 6.59. The molecule has 2 aromatic carbocycles. The Labute approximate surface area is 114 Å². The SMILES string of the molecule is CC(C)(C)OCC(NN)c1cccc2ccccc12. The van der Waals surface area contributed by atoms with Gasteiger partial charge in [-0.3, -0.25) is 11.3 Å². The lowest BCUT2D eigenvalue weighted by molar-refractivity contribution is -0.0146. The summed E-state index contributed by atoms with van der Waals surface area (Å²) < 4.78 is 5.84. The van der Waals surface area contributed by atoms with Gasteiger partial charge in [0, 0.05) is 0 Å². The number of hydrogen-bond donors (Lipinski definition) is 2. The smallest absolute Gasteiger partial charge is 0.0700 e. The fourth-order valence-electron chi connectivity index (χ4n) is 2.12. The largest absolute Gasteiger partial charge is 0.374 e. The number of fused-ring (bicyclic) bond motifs is 1. The highest BCUT2D eigenvalue weighted by molar-refractivity contribution is 5.86. The van der Waals surface area contributed by atoms with E-state index in [0.717, 1.165) is 0 Å². The maximum atomic E-state index is 5.84. The van der Waals surface area contributed by atoms with Crippen LogP contribution in [0.3, 0.4) is 0 Å². The van der Waals surface area contributed by atoms with Crippen LogP contribution in [-0.4, -0.2) is 12.2 Å². The predicted octanol–water partition coefficient (Wildman–Crippen LogP) is 3.16. The minimum atomic E-state index is -0.167. The standard InChI is InChI=1S/C16H22N2O/c1-16(2,3)19-11-15(18-17)14-10-6-8-12-7-4-5-9-13(12)14/h4-10,15,18H,11,17H2,1-3H3. The fourth-order valence-corrected chi connectivity index (χ4v) is 2.12. The van der Waals surface area contributed by atoms with E-state index < -0.39 is 0 Å². The minimum Gasteiger partial charge on any atom is -0.374 e. The molecule has 19 heavy (non-hydrogen) atoms. The third kappa shape index (κ3) is 3.53. The zero-order valence-corrected chi connectivity index (χ0v) is 11.8. The summed E-state index contributed by atoms with van der Waals surface area (Å²) in [5, 5.41) is 2.43. The van der Waals surface area contributed by atoms with Crippen molar-refractivity contribution in [2.75, 3.05) is 6.61 Å². The average molecular weight is 258 g/mol. The van der Waals surface area contributed by atoms with Crippen LogP contribution >= 0.6 is 0 Å². The first kappa shape index (κ1) is 14.0. The van der Waals surface area contributed by atoms with Crippen molar-refractivity contribution in [1.82, 2.24) is 5.43 Å². The second-order valence-electron chi connectivity index (χ2n) is 5.71. The van der Waals surface area contributed by atoms with E-state index in [2.05, 4.69) is 35.8 Å². The molecule has 2 rings (SSSR count). The molecule has 0 amide bonds. The van der Waals surface area contributed by atoms with Crippen molar-refractivity contribution in [3.05, 3.63) is 48.0 Å². The van der Waals surface area contributed by atoms with Crippen molar-refractivity contribution in [3.63, 3.8) is 0 Å². The average Bonchev–Trinajstić information content (AvgIpc) is 2.38. The van der Waals surface area contributed by atoms with Crippen LogP contribution in [0.4, 0.5) is 0 Å². The van der Waals surface area contributed by atoms with E-state index in [1.54, 1.807) is 0 Å². The topological polar surface area (TPSA) is 47.3 Å². The van der Waals surface area contributed by atoms with Crippen LogP contribution < -0.4 is 11.3 Å². The van der Waals surface area contributed by atoms with E-state index in [1.165, 1.54) is 16.3 Å². The van der Waals surface area contributed by atoms with E-state index in [0.29, 0.717) is 6.61 Å². The molecule has 3 N–H and O–H groups in total. The summed E-state index contributed by atoms with van der Waals surface area (Å²) in [6, 6.07) is 14.6. The first-order valence-corrected chi connectivity index (χ1v) is 6.59. The Kier molecular flexibility index (Phi) is 4.20. The zero-order valence-electron chi connectivity index (χ0n) is 11.8. The Hall–Kier alpha value is -1.42. The molecular weight excluding hydrogens is 236 g/mol. The van der Waals surface area contributed by atoms with E-state index in [-0.39, 0.29) is 11.6 Å². The van der Waals surface area contributed by atoms with Crippen LogP contribution in [0.15, 0.2) is 42.5 Å². The van der Waals surface area contributed by atoms with Gasteiger partial charge in [0.1, 0.15) is 0 Å². The van der Waals surface area contributed by atoms with Crippen molar-refractivity contribution in [2.45, 2.75) is 32.4 Å². The zero-order chi connectivity index (χ0) is 13.9. The lowest BCUT2D eigenvalue weighted by Gasteiger charge is -2.25. The highest BCUT2D eigenvalue weighted by Gasteiger charge is 2.17. The summed E-state index contributed by atoms with van der Waals surface area (Å²) in [5.41, 5.74) is 3.86. The molecule has 0 heterocycles. The molecule has 0 bridgehead atoms. The van der Waals surface area contributed by atoms with E-state index >= 15 is 0 Å². The minimum absolute atomic E-state index is 0.00896. The number of nitrogens with two attached hydrogens (primary N) is 1. The molecule has 0 saturated heterocycles. The molecule has 3 nitrogen and oxygen atoms in total. The maximum Gasteiger partial charge on any atom is 0.0700 e. The molecule has 102 valence electrons. The van der Waals surface area contributed by atoms with Gasteiger partial charge in [-0.25, -0.2) is 0 Å². The monoisotopic (exact) mass is 258 g/mol. The number of hydrazine groups is 1. The van der Waals surface area contributed by atoms with Gasteiger partial charge in [0.25, 0.3) is 0 Å². The first-order chi connectivity index (χ1) is 9.01. The molecule has 1 unspecified atom stereocenters. The lowest BCUT2D eigenvalue weighted by atomic mass is 9.99. The van der Waals surface area contributed by atoms with E-state index in [4.69, 9.17) is 10.6 Å². The molecule has 0 aliphatic carbocycles. The molecule has 3 heteroatoms. The van der Waals surface area contributed by atoms with E-state index in [9.17, 15) is 0 Å². The van der Waals surface area contributed by atoms with Crippen molar-refractivity contribution in [3.8, 4) is 0 Å². The number of rotatable bonds is 4. The maximum absolute atomic E-state index is 5.84. The Morgan fingerprint density at radius 2 is 1.79 bits per heavy atom. The van der Waals surface area contributed by atoms with Gasteiger partial charge < -0.3 is 4.74 Å². The van der Waals surface area contributed by atoms with Gasteiger partial charge >= 0.3 is 0 Å². The Balaban J connectivity index is 2.30. The predicted molar refractivity (Wildman–Crippen MR) is 79.7 cm³/mol. The van der Waals surface area contributed by atoms with Gasteiger partial charge in [0.05, 0.1) is 18.2 Å². The summed E-state index contributed by atoms with van der Waals surface area (Å²) in [5.74, 6) is 5.70. The van der Waals surface area contributed by atoms with Crippen LogP contribution in [0.2, 0.25) is 0 Å². The highest BCUT2D eigenvalue weighted by atomic mass is 16.5. The summed E-state index contributed by atoms with van der Waals surface area (Å²) in [7, 11) is 0. The van der Waals surface area contributed by atoms with Crippen LogP contribution in [0.5, 0.6) is 0 Å². The van der Waals surface area contributed by atoms with Crippen molar-refractivity contribution >= 4 is 10.8 Å². The Morgan fingerprint density at radius 1 is 1.11 bits per heavy atom. The van der Waals surface area contributed by atoms with Crippen LogP contribution in [0, 0.1) is 0 Å². The number of benzene rings is 2. The molecule has 0 aliphatic rings. The van der Waals surface area contributed by atoms with E-state index in [1.807, 2.05) is 32.9 Å². The normalized spacial score (nSPS) is 13.7. The highest BCUT2D eigenvalue weighted by Crippen LogP contribution is 2.25. The second kappa shape index (κ2) is 5.70. The lowest BCUT2D eigenvalue weighted by Crippen LogP contribution is -2.34. The molecule has 0 saturated carbocycles. The van der Waals surface area contributed by atoms with Crippen LogP contribution in [0.1, 0.15) is 32.4 Å². The van der Waals surface area contributed by atoms with Crippen molar-refractivity contribution < 1.29 is 4.74 Å². The molecule has 2 aromatic rings. The summed E-state index contributed by atoms with van der Waals surface area (Å²) in [4.78, 5) is 0. The number of nitrogens with one attached hydrogen (secondary N) is 1. The Bertz CT molecular complexity index is 540. The van der Waals surface area contributed by atoms with Crippen molar-refractivity contribution in [1.29, 1.82) is 0 Å². The van der Waals surface area contributed by atoms with Crippen LogP contribution in [-0.2, 0) is 4.74 Å². The quantitative estimate of drug-likeness (QED) is 0.654. The van der Waals surface area contributed by atoms with Gasteiger partial charge in [-0.05, 0) is 37.1 Å². The van der Waals surface area contributed by atoms with Gasteiger partial charge in [0.2, 0.25) is 0 Å². The van der Waals surface area contributed by atoms with Gasteiger partial charge in [-0.2, -0.15) is 0 Å². The van der Waals surface area contributed by atoms with Gasteiger partial charge in [0.15, 0.2) is 0 Å². The molecule has 0 fully saturated rings. The molecule has 0 spiro atoms. The summed E-state index contributed by atoms with van der Waals surface area (Å²) >= 11 is 0. The van der Waals surface area contributed by atoms with Crippen LogP contribution in [0.25, 0.3) is 10.8 Å². The molecule has 0 aliphatic heterocycles. The molecule has 0 radical (unpaired) electrons. The third-order valence-electron chi connectivity index (χ3n) is 3.08. The summed E-state index contributed by atoms with van der Waals surface area (Å²) in [6.07, 6.45) is 0.